The summed E-state index contributed by atoms with van der Waals surface area (Å²) in [6.45, 7) is 1.43. The van der Waals surface area contributed by atoms with E-state index in [4.69, 9.17) is 0 Å². The van der Waals surface area contributed by atoms with Crippen LogP contribution in [0.3, 0.4) is 0 Å². The van der Waals surface area contributed by atoms with Gasteiger partial charge < -0.3 is 4.90 Å². The highest BCUT2D eigenvalue weighted by Gasteiger charge is 2.26. The number of rotatable bonds is 5. The Morgan fingerprint density at radius 3 is 2.71 bits per heavy atom. The molecule has 5 heteroatoms. The van der Waals surface area contributed by atoms with E-state index < -0.39 is 0 Å². The van der Waals surface area contributed by atoms with Crippen molar-refractivity contribution in [2.45, 2.75) is 31.6 Å². The van der Waals surface area contributed by atoms with Gasteiger partial charge in [-0.05, 0) is 36.4 Å². The van der Waals surface area contributed by atoms with Crippen molar-refractivity contribution in [3.05, 3.63) is 72.3 Å². The van der Waals surface area contributed by atoms with Crippen LogP contribution in [-0.4, -0.2) is 39.6 Å². The summed E-state index contributed by atoms with van der Waals surface area (Å²) >= 11 is 0. The van der Waals surface area contributed by atoms with Crippen LogP contribution in [0.1, 0.15) is 47.7 Å². The molecule has 1 saturated heterocycles. The van der Waals surface area contributed by atoms with Gasteiger partial charge in [0, 0.05) is 67.1 Å². The van der Waals surface area contributed by atoms with Crippen molar-refractivity contribution in [2.75, 3.05) is 13.1 Å². The van der Waals surface area contributed by atoms with Crippen LogP contribution in [0.2, 0.25) is 0 Å². The summed E-state index contributed by atoms with van der Waals surface area (Å²) < 4.78 is 0. The van der Waals surface area contributed by atoms with Crippen LogP contribution < -0.4 is 0 Å². The van der Waals surface area contributed by atoms with Crippen molar-refractivity contribution < 1.29 is 9.59 Å². The van der Waals surface area contributed by atoms with Crippen LogP contribution in [-0.2, 0) is 4.79 Å². The summed E-state index contributed by atoms with van der Waals surface area (Å²) in [6.07, 6.45) is 7.56. The molecule has 0 spiro atoms. The SMILES string of the molecule is O=C(CCC(=O)N1CCCC(c2cc3ccccc3cn2)C1)c1cccnc1. The predicted octanol–water partition coefficient (Wildman–Crippen LogP) is 4.00. The number of amides is 1. The molecule has 142 valence electrons. The highest BCUT2D eigenvalue weighted by Crippen LogP contribution is 2.28. The second-order valence-electron chi connectivity index (χ2n) is 7.30. The highest BCUT2D eigenvalue weighted by molar-refractivity contribution is 5.97. The fourth-order valence-electron chi connectivity index (χ4n) is 3.82. The fraction of sp³-hybridized carbons (Fsp3) is 0.304. The number of carbonyl (C=O) groups is 2. The number of pyridine rings is 2. The van der Waals surface area contributed by atoms with Crippen molar-refractivity contribution in [3.63, 3.8) is 0 Å². The van der Waals surface area contributed by atoms with E-state index in [1.54, 1.807) is 24.5 Å². The van der Waals surface area contributed by atoms with Crippen LogP contribution >= 0.6 is 0 Å². The minimum atomic E-state index is -0.0359. The maximum atomic E-state index is 12.7. The Morgan fingerprint density at radius 1 is 1.04 bits per heavy atom. The van der Waals surface area contributed by atoms with E-state index in [-0.39, 0.29) is 30.4 Å². The third-order valence-electron chi connectivity index (χ3n) is 5.39. The molecule has 1 aliphatic heterocycles. The molecule has 3 heterocycles. The summed E-state index contributed by atoms with van der Waals surface area (Å²) in [7, 11) is 0. The predicted molar refractivity (Wildman–Crippen MR) is 108 cm³/mol. The van der Waals surface area contributed by atoms with Gasteiger partial charge in [0.1, 0.15) is 0 Å². The maximum absolute atomic E-state index is 12.7. The Bertz CT molecular complexity index is 987. The zero-order chi connectivity index (χ0) is 19.3. The molecular formula is C23H23N3O2. The number of hydrogen-bond acceptors (Lipinski definition) is 4. The molecule has 1 atom stereocenters. The van der Waals surface area contributed by atoms with Gasteiger partial charge in [-0.1, -0.05) is 24.3 Å². The maximum Gasteiger partial charge on any atom is 0.223 e. The van der Waals surface area contributed by atoms with E-state index in [1.165, 1.54) is 5.39 Å². The van der Waals surface area contributed by atoms with Crippen molar-refractivity contribution >= 4 is 22.5 Å². The van der Waals surface area contributed by atoms with Gasteiger partial charge in [0.2, 0.25) is 5.91 Å². The molecule has 1 aromatic carbocycles. The van der Waals surface area contributed by atoms with Crippen molar-refractivity contribution in [3.8, 4) is 0 Å². The molecule has 28 heavy (non-hydrogen) atoms. The molecule has 0 radical (unpaired) electrons. The zero-order valence-corrected chi connectivity index (χ0v) is 15.8. The first kappa shape index (κ1) is 18.3. The Hall–Kier alpha value is -3.08. The molecule has 0 N–H and O–H groups in total. The average Bonchev–Trinajstić information content (AvgIpc) is 2.77. The molecule has 0 saturated carbocycles. The number of fused-ring (bicyclic) bond motifs is 1. The number of piperidine rings is 1. The second kappa shape index (κ2) is 8.30. The number of carbonyl (C=O) groups excluding carboxylic acids is 2. The quantitative estimate of drug-likeness (QED) is 0.634. The number of Topliss-reactive ketones (excluding diaryl/α,β-unsaturated/α-hetero) is 1. The molecule has 3 aromatic rings. The molecule has 1 fully saturated rings. The third-order valence-corrected chi connectivity index (χ3v) is 5.39. The van der Waals surface area contributed by atoms with Gasteiger partial charge >= 0.3 is 0 Å². The smallest absolute Gasteiger partial charge is 0.223 e. The van der Waals surface area contributed by atoms with Gasteiger partial charge in [0.05, 0.1) is 0 Å². The minimum Gasteiger partial charge on any atom is -0.342 e. The zero-order valence-electron chi connectivity index (χ0n) is 15.8. The third kappa shape index (κ3) is 4.09. The van der Waals surface area contributed by atoms with E-state index in [0.717, 1.165) is 30.5 Å². The topological polar surface area (TPSA) is 63.2 Å². The minimum absolute atomic E-state index is 0.0359. The van der Waals surface area contributed by atoms with E-state index >= 15 is 0 Å². The van der Waals surface area contributed by atoms with Crippen molar-refractivity contribution in [1.29, 1.82) is 0 Å². The normalized spacial score (nSPS) is 16.9. The first-order valence-electron chi connectivity index (χ1n) is 9.76. The molecule has 5 nitrogen and oxygen atoms in total. The lowest BCUT2D eigenvalue weighted by molar-refractivity contribution is -0.132. The van der Waals surface area contributed by atoms with Gasteiger partial charge in [0.15, 0.2) is 5.78 Å². The van der Waals surface area contributed by atoms with Gasteiger partial charge in [0.25, 0.3) is 0 Å². The lowest BCUT2D eigenvalue weighted by Crippen LogP contribution is -2.39. The number of ketones is 1. The Morgan fingerprint density at radius 2 is 1.89 bits per heavy atom. The molecule has 1 aliphatic rings. The molecule has 2 aromatic heterocycles. The molecular weight excluding hydrogens is 350 g/mol. The summed E-state index contributed by atoms with van der Waals surface area (Å²) in [5.74, 6) is 0.255. The van der Waals surface area contributed by atoms with Crippen molar-refractivity contribution in [2.24, 2.45) is 0 Å². The van der Waals surface area contributed by atoms with Crippen LogP contribution in [0.25, 0.3) is 10.8 Å². The standard InChI is InChI=1S/C23H23N3O2/c27-22(19-7-3-11-24-14-19)9-10-23(28)26-12-4-8-20(16-26)21-13-17-5-1-2-6-18(17)15-25-21/h1-3,5-7,11,13-15,20H,4,8-10,12,16H2. The van der Waals surface area contributed by atoms with Gasteiger partial charge in [-0.25, -0.2) is 0 Å². The molecule has 1 amide bonds. The van der Waals surface area contributed by atoms with E-state index in [1.807, 2.05) is 23.2 Å². The van der Waals surface area contributed by atoms with Crippen LogP contribution in [0.15, 0.2) is 61.1 Å². The number of hydrogen-bond donors (Lipinski definition) is 0. The van der Waals surface area contributed by atoms with Gasteiger partial charge in [-0.2, -0.15) is 0 Å². The van der Waals surface area contributed by atoms with Gasteiger partial charge in [-0.15, -0.1) is 0 Å². The fourth-order valence-corrected chi connectivity index (χ4v) is 3.82. The van der Waals surface area contributed by atoms with Crippen molar-refractivity contribution in [1.82, 2.24) is 14.9 Å². The summed E-state index contributed by atoms with van der Waals surface area (Å²) in [5, 5.41) is 2.31. The Labute approximate surface area is 164 Å². The van der Waals surface area contributed by atoms with Crippen LogP contribution in [0, 0.1) is 0 Å². The number of benzene rings is 1. The highest BCUT2D eigenvalue weighted by atomic mass is 16.2. The number of nitrogens with zero attached hydrogens (tertiary/aromatic N) is 3. The molecule has 0 aliphatic carbocycles. The second-order valence-corrected chi connectivity index (χ2v) is 7.30. The Kier molecular flexibility index (Phi) is 5.42. The van der Waals surface area contributed by atoms with E-state index in [9.17, 15) is 9.59 Å². The summed E-state index contributed by atoms with van der Waals surface area (Å²) in [5.41, 5.74) is 1.61. The Balaban J connectivity index is 1.38. The first-order valence-corrected chi connectivity index (χ1v) is 9.76. The van der Waals surface area contributed by atoms with Crippen LogP contribution in [0.4, 0.5) is 0 Å². The van der Waals surface area contributed by atoms with E-state index in [0.29, 0.717) is 12.1 Å². The van der Waals surface area contributed by atoms with E-state index in [2.05, 4.69) is 28.2 Å². The lowest BCUT2D eigenvalue weighted by atomic mass is 9.93. The van der Waals surface area contributed by atoms with Gasteiger partial charge in [-0.3, -0.25) is 19.6 Å². The first-order chi connectivity index (χ1) is 13.7. The van der Waals surface area contributed by atoms with Crippen LogP contribution in [0.5, 0.6) is 0 Å². The molecule has 0 bridgehead atoms. The molecule has 1 unspecified atom stereocenters. The summed E-state index contributed by atoms with van der Waals surface area (Å²) in [6, 6.07) is 13.8. The largest absolute Gasteiger partial charge is 0.342 e. The lowest BCUT2D eigenvalue weighted by Gasteiger charge is -2.32. The summed E-state index contributed by atoms with van der Waals surface area (Å²) in [4.78, 5) is 35.4. The number of likely N-dealkylation sites (tertiary alicyclic amines) is 1. The monoisotopic (exact) mass is 373 g/mol. The number of aromatic nitrogens is 2. The molecule has 4 rings (SSSR count). The average molecular weight is 373 g/mol.